The van der Waals surface area contributed by atoms with Crippen LogP contribution in [0, 0.1) is 56.2 Å². The molecule has 19 heteroatoms. The van der Waals surface area contributed by atoms with Crippen molar-refractivity contribution in [1.82, 2.24) is 14.8 Å². The second kappa shape index (κ2) is 25.6. The Morgan fingerprint density at radius 1 is 0.867 bits per heavy atom. The number of allylic oxidation sites excluding steroid dienone is 2. The Bertz CT molecular complexity index is 2570. The summed E-state index contributed by atoms with van der Waals surface area (Å²) in [6.45, 7) is 22.3. The number of nitrogens with two attached hydrogens (primary N) is 1. The maximum absolute atomic E-state index is 16.3. The minimum absolute atomic E-state index is 0.00656. The Balaban J connectivity index is 1.58. The number of alkyl halides is 8. The fourth-order valence-corrected chi connectivity index (χ4v) is 9.79. The Labute approximate surface area is 434 Å². The molecule has 1 saturated heterocycles. The molecule has 0 saturated carbocycles. The average Bonchev–Trinajstić information content (AvgIpc) is 3.26. The lowest BCUT2D eigenvalue weighted by molar-refractivity contribution is -0.147. The molecule has 2 heterocycles. The Morgan fingerprint density at radius 3 is 1.99 bits per heavy atom. The van der Waals surface area contributed by atoms with Gasteiger partial charge < -0.3 is 30.0 Å². The first kappa shape index (κ1) is 62.1. The molecule has 0 aliphatic carbocycles. The van der Waals surface area contributed by atoms with Crippen LogP contribution in [0.25, 0.3) is 11.1 Å². The van der Waals surface area contributed by atoms with Gasteiger partial charge in [0.15, 0.2) is 0 Å². The van der Waals surface area contributed by atoms with Crippen molar-refractivity contribution in [3.05, 3.63) is 116 Å². The highest BCUT2D eigenvalue weighted by atomic mass is 19.4. The van der Waals surface area contributed by atoms with Crippen LogP contribution < -0.4 is 16.6 Å². The van der Waals surface area contributed by atoms with E-state index in [4.69, 9.17) is 15.2 Å². The van der Waals surface area contributed by atoms with Crippen LogP contribution in [0.1, 0.15) is 126 Å². The fourth-order valence-electron chi connectivity index (χ4n) is 9.79. The number of pyridine rings is 1. The molecule has 1 aromatic heterocycles. The van der Waals surface area contributed by atoms with E-state index in [-0.39, 0.29) is 73.8 Å². The molecule has 416 valence electrons. The van der Waals surface area contributed by atoms with E-state index >= 15 is 8.78 Å². The van der Waals surface area contributed by atoms with Crippen molar-refractivity contribution in [2.24, 2.45) is 35.3 Å². The van der Waals surface area contributed by atoms with Gasteiger partial charge in [-0.25, -0.2) is 13.2 Å². The number of hydrogen-bond acceptors (Lipinski definition) is 8. The molecule has 75 heavy (non-hydrogen) atoms. The van der Waals surface area contributed by atoms with Gasteiger partial charge in [0.25, 0.3) is 5.56 Å². The topological polar surface area (TPSA) is 133 Å². The molecule has 2 unspecified atom stereocenters. The van der Waals surface area contributed by atoms with E-state index in [1.165, 1.54) is 13.8 Å². The first-order valence-corrected chi connectivity index (χ1v) is 25.2. The maximum atomic E-state index is 16.3. The zero-order valence-corrected chi connectivity index (χ0v) is 44.7. The highest BCUT2D eigenvalue weighted by Gasteiger charge is 2.41. The zero-order valence-electron chi connectivity index (χ0n) is 44.7. The van der Waals surface area contributed by atoms with Gasteiger partial charge >= 0.3 is 24.3 Å². The lowest BCUT2D eigenvalue weighted by Crippen LogP contribution is -2.49. The summed E-state index contributed by atoms with van der Waals surface area (Å²) in [6, 6.07) is 0.766. The number of halogens is 9. The third kappa shape index (κ3) is 17.0. The fraction of sp³-hybridized carbons (Fsp3) is 0.571. The number of rotatable bonds is 24. The number of aromatic nitrogens is 1. The molecule has 1 aliphatic heterocycles. The molecule has 0 spiro atoms. The number of nitrogens with one attached hydrogen (secondary N) is 1. The lowest BCUT2D eigenvalue weighted by atomic mass is 9.73. The number of nitrogens with zero attached hydrogens (tertiary/aromatic N) is 2. The normalized spacial score (nSPS) is 17.1. The summed E-state index contributed by atoms with van der Waals surface area (Å²) in [4.78, 5) is 55.7. The number of likely N-dealkylation sites (tertiary alicyclic amines) is 1. The summed E-state index contributed by atoms with van der Waals surface area (Å²) in [5.41, 5.74) is 1.33. The van der Waals surface area contributed by atoms with Gasteiger partial charge in [0, 0.05) is 55.8 Å². The van der Waals surface area contributed by atoms with E-state index in [0.717, 1.165) is 37.2 Å². The van der Waals surface area contributed by atoms with Gasteiger partial charge in [0.05, 0.1) is 43.2 Å². The molecule has 10 nitrogen and oxygen atoms in total. The molecule has 1 amide bonds. The standard InChI is InChI=1S/C56H73F9N4O6/c1-13-74-50(72)24-46(43-20-40(21-45(52(43)58)56(63,64)65)51-32(5)18-31(4)19-33(51)6)67-53(73)47(25-54(11,12)59)69-28-39(44(23-48(69)70)55(60,61)62)16-17-68-26-38(27-68)29-75-49(71)22-41(66)14-15-42(34(7)30(2)3)36(9)35(8)37(10)57/h14-15,18-21,23,28,34-38,41-42,46-47H,2,13,16-17,22,24-27,29,66H2,1,3-12H3,(H,67,73)/b15-14+/t34?,35-,36+,37+,41+,42-,46-,47?/m0/s1. The summed E-state index contributed by atoms with van der Waals surface area (Å²) >= 11 is 0. The Morgan fingerprint density at radius 2 is 1.45 bits per heavy atom. The number of benzene rings is 2. The van der Waals surface area contributed by atoms with E-state index in [1.54, 1.807) is 43.9 Å². The van der Waals surface area contributed by atoms with E-state index in [2.05, 4.69) is 11.9 Å². The molecule has 3 aromatic rings. The third-order valence-electron chi connectivity index (χ3n) is 14.2. The lowest BCUT2D eigenvalue weighted by Gasteiger charge is -2.39. The molecule has 1 aliphatic rings. The van der Waals surface area contributed by atoms with E-state index in [9.17, 15) is 49.9 Å². The summed E-state index contributed by atoms with van der Waals surface area (Å²) < 4.78 is 145. The van der Waals surface area contributed by atoms with Crippen LogP contribution in [-0.2, 0) is 42.6 Å². The molecule has 1 fully saturated rings. The van der Waals surface area contributed by atoms with Crippen LogP contribution in [0.5, 0.6) is 0 Å². The molecule has 4 rings (SSSR count). The third-order valence-corrected chi connectivity index (χ3v) is 14.2. The summed E-state index contributed by atoms with van der Waals surface area (Å²) in [7, 11) is 0. The van der Waals surface area contributed by atoms with Gasteiger partial charge in [0.1, 0.15) is 23.7 Å². The number of aryl methyl sites for hydroxylation is 3. The summed E-state index contributed by atoms with van der Waals surface area (Å²) in [6.07, 6.45) is -9.21. The minimum Gasteiger partial charge on any atom is -0.466 e. The molecule has 0 radical (unpaired) electrons. The quantitative estimate of drug-likeness (QED) is 0.0515. The van der Waals surface area contributed by atoms with Crippen LogP contribution in [0.3, 0.4) is 0 Å². The van der Waals surface area contributed by atoms with E-state index in [0.29, 0.717) is 40.4 Å². The maximum Gasteiger partial charge on any atom is 0.419 e. The largest absolute Gasteiger partial charge is 0.466 e. The number of carbonyl (C=O) groups excluding carboxylic acids is 3. The average molecular weight is 1070 g/mol. The van der Waals surface area contributed by atoms with Gasteiger partial charge in [0.2, 0.25) is 5.91 Å². The number of esters is 2. The molecular formula is C56H73F9N4O6. The predicted molar refractivity (Wildman–Crippen MR) is 270 cm³/mol. The predicted octanol–water partition coefficient (Wildman–Crippen LogP) is 11.9. The number of ether oxygens (including phenoxy) is 2. The van der Waals surface area contributed by atoms with Crippen molar-refractivity contribution in [2.45, 2.75) is 144 Å². The van der Waals surface area contributed by atoms with Gasteiger partial charge in [-0.1, -0.05) is 62.8 Å². The first-order valence-electron chi connectivity index (χ1n) is 25.2. The van der Waals surface area contributed by atoms with Crippen LogP contribution in [-0.4, -0.2) is 78.0 Å². The molecule has 3 N–H and O–H groups in total. The number of carbonyl (C=O) groups is 3. The van der Waals surface area contributed by atoms with Crippen molar-refractivity contribution < 1.29 is 63.4 Å². The second-order valence-corrected chi connectivity index (χ2v) is 21.1. The highest BCUT2D eigenvalue weighted by Crippen LogP contribution is 2.41. The van der Waals surface area contributed by atoms with Gasteiger partial charge in [-0.3, -0.25) is 19.2 Å². The Hall–Kier alpha value is -5.43. The van der Waals surface area contributed by atoms with Crippen LogP contribution in [0.4, 0.5) is 39.5 Å². The van der Waals surface area contributed by atoms with Crippen LogP contribution in [0.2, 0.25) is 0 Å². The molecule has 2 aromatic carbocycles. The Kier molecular flexibility index (Phi) is 21.2. The van der Waals surface area contributed by atoms with Crippen molar-refractivity contribution >= 4 is 17.8 Å². The summed E-state index contributed by atoms with van der Waals surface area (Å²) in [5.74, 6) is -5.29. The van der Waals surface area contributed by atoms with Gasteiger partial charge in [-0.15, -0.1) is 0 Å². The van der Waals surface area contributed by atoms with Crippen molar-refractivity contribution in [2.75, 3.05) is 32.8 Å². The number of amides is 1. The zero-order chi connectivity index (χ0) is 56.7. The summed E-state index contributed by atoms with van der Waals surface area (Å²) in [5, 5.41) is 2.34. The molecule has 8 atom stereocenters. The van der Waals surface area contributed by atoms with Crippen molar-refractivity contribution in [3.63, 3.8) is 0 Å². The second-order valence-electron chi connectivity index (χ2n) is 21.1. The number of hydrogen-bond donors (Lipinski definition) is 2. The van der Waals surface area contributed by atoms with Gasteiger partial charge in [-0.05, 0) is 125 Å². The molecule has 0 bridgehead atoms. The van der Waals surface area contributed by atoms with Crippen LogP contribution in [0.15, 0.2) is 65.6 Å². The van der Waals surface area contributed by atoms with E-state index in [1.807, 2.05) is 33.8 Å². The first-order chi connectivity index (χ1) is 34.6. The van der Waals surface area contributed by atoms with Crippen LogP contribution >= 0.6 is 0 Å². The monoisotopic (exact) mass is 1070 g/mol. The highest BCUT2D eigenvalue weighted by molar-refractivity contribution is 5.82. The van der Waals surface area contributed by atoms with Gasteiger partial charge in [-0.2, -0.15) is 26.3 Å². The van der Waals surface area contributed by atoms with Crippen molar-refractivity contribution in [3.8, 4) is 11.1 Å². The minimum atomic E-state index is -5.27. The van der Waals surface area contributed by atoms with Crippen molar-refractivity contribution in [1.29, 1.82) is 0 Å². The smallest absolute Gasteiger partial charge is 0.419 e. The SMILES string of the molecule is C=C(C)C(C)[C@H](/C=C/[C@@H](N)CC(=O)OCC1CN(CCc2cn(C(CC(C)(C)F)C(=O)N[C@@H](CC(=O)OCC)c3cc(-c4c(C)cc(C)cc4C)cc(C(F)(F)F)c3F)c(=O)cc2C(F)(F)F)C1)[C@H](C)[C@H](C)[C@@H](C)F. The molecular weight excluding hydrogens is 996 g/mol. The van der Waals surface area contributed by atoms with E-state index < -0.39 is 107 Å².